The van der Waals surface area contributed by atoms with Gasteiger partial charge in [0.2, 0.25) is 0 Å². The fourth-order valence-electron chi connectivity index (χ4n) is 1.76. The monoisotopic (exact) mass is 247 g/mol. The van der Waals surface area contributed by atoms with Crippen molar-refractivity contribution in [1.29, 1.82) is 5.26 Å². The van der Waals surface area contributed by atoms with Crippen molar-refractivity contribution in [3.63, 3.8) is 0 Å². The first-order valence-electron chi connectivity index (χ1n) is 5.91. The SMILES string of the molecule is CCOC(=O)Cc1cc(C#N)c(CC)cc1OC. The lowest BCUT2D eigenvalue weighted by Crippen LogP contribution is -2.09. The summed E-state index contributed by atoms with van der Waals surface area (Å²) >= 11 is 0. The van der Waals surface area contributed by atoms with Gasteiger partial charge in [0.25, 0.3) is 0 Å². The lowest BCUT2D eigenvalue weighted by atomic mass is 10.00. The number of carbonyl (C=O) groups excluding carboxylic acids is 1. The quantitative estimate of drug-likeness (QED) is 0.749. The second-order valence-electron chi connectivity index (χ2n) is 3.77. The number of ether oxygens (including phenoxy) is 2. The molecule has 0 aliphatic heterocycles. The molecule has 4 nitrogen and oxygen atoms in total. The van der Waals surface area contributed by atoms with Gasteiger partial charge in [-0.3, -0.25) is 4.79 Å². The van der Waals surface area contributed by atoms with Crippen LogP contribution < -0.4 is 4.74 Å². The van der Waals surface area contributed by atoms with Gasteiger partial charge in [0.1, 0.15) is 5.75 Å². The van der Waals surface area contributed by atoms with E-state index >= 15 is 0 Å². The number of benzene rings is 1. The second-order valence-corrected chi connectivity index (χ2v) is 3.77. The molecule has 0 heterocycles. The summed E-state index contributed by atoms with van der Waals surface area (Å²) in [5, 5.41) is 9.07. The topological polar surface area (TPSA) is 59.3 Å². The van der Waals surface area contributed by atoms with Crippen LogP contribution in [-0.4, -0.2) is 19.7 Å². The van der Waals surface area contributed by atoms with Gasteiger partial charge in [-0.2, -0.15) is 5.26 Å². The minimum atomic E-state index is -0.316. The van der Waals surface area contributed by atoms with E-state index in [1.54, 1.807) is 20.1 Å². The van der Waals surface area contributed by atoms with Gasteiger partial charge in [-0.05, 0) is 31.0 Å². The molecule has 1 rings (SSSR count). The predicted molar refractivity (Wildman–Crippen MR) is 67.4 cm³/mol. The zero-order chi connectivity index (χ0) is 13.5. The Balaban J connectivity index is 3.10. The van der Waals surface area contributed by atoms with Gasteiger partial charge in [-0.1, -0.05) is 6.92 Å². The summed E-state index contributed by atoms with van der Waals surface area (Å²) in [6, 6.07) is 5.65. The molecule has 0 atom stereocenters. The van der Waals surface area contributed by atoms with E-state index in [-0.39, 0.29) is 12.4 Å². The summed E-state index contributed by atoms with van der Waals surface area (Å²) in [5.41, 5.74) is 2.18. The Hall–Kier alpha value is -2.02. The van der Waals surface area contributed by atoms with E-state index in [4.69, 9.17) is 14.7 Å². The number of aryl methyl sites for hydroxylation is 1. The molecule has 0 aromatic heterocycles. The number of rotatable bonds is 5. The molecule has 1 aromatic carbocycles. The number of carbonyl (C=O) groups is 1. The molecule has 4 heteroatoms. The van der Waals surface area contributed by atoms with Crippen molar-refractivity contribution < 1.29 is 14.3 Å². The highest BCUT2D eigenvalue weighted by Gasteiger charge is 2.13. The molecule has 0 saturated heterocycles. The third kappa shape index (κ3) is 3.24. The summed E-state index contributed by atoms with van der Waals surface area (Å²) in [5.74, 6) is 0.308. The Morgan fingerprint density at radius 3 is 2.56 bits per heavy atom. The van der Waals surface area contributed by atoms with Crippen molar-refractivity contribution in [2.75, 3.05) is 13.7 Å². The van der Waals surface area contributed by atoms with E-state index in [2.05, 4.69) is 6.07 Å². The fraction of sp³-hybridized carbons (Fsp3) is 0.429. The molecule has 0 spiro atoms. The van der Waals surface area contributed by atoms with Gasteiger partial charge in [-0.25, -0.2) is 0 Å². The summed E-state index contributed by atoms with van der Waals surface area (Å²) < 4.78 is 10.1. The number of nitriles is 1. The molecule has 0 aliphatic rings. The Labute approximate surface area is 107 Å². The molecule has 1 aromatic rings. The molecule has 0 aliphatic carbocycles. The van der Waals surface area contributed by atoms with Crippen LogP contribution in [0, 0.1) is 11.3 Å². The van der Waals surface area contributed by atoms with Crippen LogP contribution >= 0.6 is 0 Å². The molecule has 0 radical (unpaired) electrons. The van der Waals surface area contributed by atoms with Gasteiger partial charge in [0.05, 0.1) is 31.8 Å². The van der Waals surface area contributed by atoms with Gasteiger partial charge in [0.15, 0.2) is 0 Å². The zero-order valence-electron chi connectivity index (χ0n) is 10.9. The van der Waals surface area contributed by atoms with Crippen LogP contribution in [0.5, 0.6) is 5.75 Å². The number of nitrogens with zero attached hydrogens (tertiary/aromatic N) is 1. The summed E-state index contributed by atoms with van der Waals surface area (Å²) in [6.45, 7) is 4.08. The summed E-state index contributed by atoms with van der Waals surface area (Å²) in [7, 11) is 1.55. The minimum absolute atomic E-state index is 0.121. The fourth-order valence-corrected chi connectivity index (χ4v) is 1.76. The second kappa shape index (κ2) is 6.65. The van der Waals surface area contributed by atoms with Gasteiger partial charge < -0.3 is 9.47 Å². The molecular formula is C14H17NO3. The molecule has 0 N–H and O–H groups in total. The van der Waals surface area contributed by atoms with E-state index in [1.165, 1.54) is 0 Å². The lowest BCUT2D eigenvalue weighted by Gasteiger charge is -2.11. The van der Waals surface area contributed by atoms with Crippen LogP contribution in [-0.2, 0) is 22.4 Å². The normalized spacial score (nSPS) is 9.67. The number of hydrogen-bond acceptors (Lipinski definition) is 4. The maximum Gasteiger partial charge on any atom is 0.310 e. The first-order valence-corrected chi connectivity index (χ1v) is 5.91. The predicted octanol–water partition coefficient (Wildman–Crippen LogP) is 2.23. The molecule has 0 bridgehead atoms. The highest BCUT2D eigenvalue weighted by molar-refractivity contribution is 5.74. The maximum atomic E-state index is 11.5. The Morgan fingerprint density at radius 2 is 2.06 bits per heavy atom. The van der Waals surface area contributed by atoms with E-state index < -0.39 is 0 Å². The highest BCUT2D eigenvalue weighted by atomic mass is 16.5. The van der Waals surface area contributed by atoms with Crippen molar-refractivity contribution in [3.8, 4) is 11.8 Å². The van der Waals surface area contributed by atoms with Crippen LogP contribution in [0.25, 0.3) is 0 Å². The third-order valence-corrected chi connectivity index (χ3v) is 2.65. The number of hydrogen-bond donors (Lipinski definition) is 0. The first-order chi connectivity index (χ1) is 8.65. The number of esters is 1. The molecular weight excluding hydrogens is 230 g/mol. The van der Waals surface area contributed by atoms with E-state index in [0.29, 0.717) is 23.5 Å². The molecule has 96 valence electrons. The molecule has 0 saturated carbocycles. The Morgan fingerprint density at radius 1 is 1.33 bits per heavy atom. The van der Waals surface area contributed by atoms with Crippen LogP contribution in [0.4, 0.5) is 0 Å². The van der Waals surface area contributed by atoms with Crippen molar-refractivity contribution in [2.45, 2.75) is 26.7 Å². The van der Waals surface area contributed by atoms with Crippen molar-refractivity contribution >= 4 is 5.97 Å². The van der Waals surface area contributed by atoms with E-state index in [9.17, 15) is 4.79 Å². The minimum Gasteiger partial charge on any atom is -0.496 e. The molecule has 0 fully saturated rings. The van der Waals surface area contributed by atoms with Gasteiger partial charge >= 0.3 is 5.97 Å². The standard InChI is InChI=1S/C14H17NO3/c1-4-10-7-13(17-3)11(6-12(10)9-15)8-14(16)18-5-2/h6-7H,4-5,8H2,1-3H3. The van der Waals surface area contributed by atoms with Gasteiger partial charge in [0, 0.05) is 5.56 Å². The van der Waals surface area contributed by atoms with E-state index in [0.717, 1.165) is 12.0 Å². The molecule has 18 heavy (non-hydrogen) atoms. The van der Waals surface area contributed by atoms with Crippen LogP contribution in [0.1, 0.15) is 30.5 Å². The Kier molecular flexibility index (Phi) is 5.19. The van der Waals surface area contributed by atoms with E-state index in [1.807, 2.05) is 13.0 Å². The zero-order valence-corrected chi connectivity index (χ0v) is 10.9. The average molecular weight is 247 g/mol. The highest BCUT2D eigenvalue weighted by Crippen LogP contribution is 2.24. The molecule has 0 amide bonds. The largest absolute Gasteiger partial charge is 0.496 e. The van der Waals surface area contributed by atoms with Gasteiger partial charge in [-0.15, -0.1) is 0 Å². The summed E-state index contributed by atoms with van der Waals surface area (Å²) in [4.78, 5) is 11.5. The maximum absolute atomic E-state index is 11.5. The third-order valence-electron chi connectivity index (χ3n) is 2.65. The number of methoxy groups -OCH3 is 1. The summed E-state index contributed by atoms with van der Waals surface area (Å²) in [6.07, 6.45) is 0.870. The van der Waals surface area contributed by atoms with Crippen molar-refractivity contribution in [2.24, 2.45) is 0 Å². The van der Waals surface area contributed by atoms with Crippen molar-refractivity contribution in [1.82, 2.24) is 0 Å². The first kappa shape index (κ1) is 14.0. The average Bonchev–Trinajstić information content (AvgIpc) is 2.38. The smallest absolute Gasteiger partial charge is 0.310 e. The van der Waals surface area contributed by atoms with Crippen LogP contribution in [0.15, 0.2) is 12.1 Å². The lowest BCUT2D eigenvalue weighted by molar-refractivity contribution is -0.142. The Bertz CT molecular complexity index is 475. The molecule has 0 unspecified atom stereocenters. The van der Waals surface area contributed by atoms with Crippen LogP contribution in [0.2, 0.25) is 0 Å². The van der Waals surface area contributed by atoms with Crippen LogP contribution in [0.3, 0.4) is 0 Å². The van der Waals surface area contributed by atoms with Crippen molar-refractivity contribution in [3.05, 3.63) is 28.8 Å².